The highest BCUT2D eigenvalue weighted by Crippen LogP contribution is 2.42. The second kappa shape index (κ2) is 10.9. The maximum absolute atomic E-state index is 14.0. The third kappa shape index (κ3) is 6.38. The van der Waals surface area contributed by atoms with E-state index in [1.54, 1.807) is 9.80 Å². The lowest BCUT2D eigenvalue weighted by Gasteiger charge is -2.43. The minimum absolute atomic E-state index is 0.0971. The van der Waals surface area contributed by atoms with E-state index in [2.05, 4.69) is 0 Å². The second-order valence-electron chi connectivity index (χ2n) is 10.9. The van der Waals surface area contributed by atoms with Crippen molar-refractivity contribution in [2.24, 2.45) is 0 Å². The summed E-state index contributed by atoms with van der Waals surface area (Å²) in [4.78, 5) is 29.9. The van der Waals surface area contributed by atoms with Crippen LogP contribution in [0.1, 0.15) is 64.4 Å². The van der Waals surface area contributed by atoms with Gasteiger partial charge in [0.25, 0.3) is 0 Å². The van der Waals surface area contributed by atoms with E-state index in [-0.39, 0.29) is 12.0 Å². The van der Waals surface area contributed by atoms with E-state index < -0.39 is 17.1 Å². The van der Waals surface area contributed by atoms with Gasteiger partial charge >= 0.3 is 6.09 Å². The molecule has 2 fully saturated rings. The molecule has 0 aromatic heterocycles. The molecule has 1 aliphatic carbocycles. The molecule has 7 nitrogen and oxygen atoms in total. The molecular formula is C29H38N2O5. The average Bonchev–Trinajstić information content (AvgIpc) is 2.84. The predicted octanol–water partition coefficient (Wildman–Crippen LogP) is 5.34. The minimum atomic E-state index is -1.11. The Bertz CT molecular complexity index is 1040. The first kappa shape index (κ1) is 26.0. The molecule has 194 valence electrons. The van der Waals surface area contributed by atoms with Crippen molar-refractivity contribution in [3.63, 3.8) is 0 Å². The van der Waals surface area contributed by atoms with Gasteiger partial charge in [-0.15, -0.1) is 0 Å². The molecule has 1 saturated carbocycles. The van der Waals surface area contributed by atoms with Crippen molar-refractivity contribution in [2.45, 2.75) is 70.0 Å². The Hall–Kier alpha value is -3.06. The van der Waals surface area contributed by atoms with Crippen LogP contribution in [0.2, 0.25) is 0 Å². The van der Waals surface area contributed by atoms with E-state index in [0.717, 1.165) is 24.8 Å². The fourth-order valence-electron chi connectivity index (χ4n) is 5.14. The molecule has 2 aromatic rings. The highest BCUT2D eigenvalue weighted by molar-refractivity contribution is 5.85. The van der Waals surface area contributed by atoms with E-state index in [0.29, 0.717) is 50.5 Å². The van der Waals surface area contributed by atoms with Crippen LogP contribution in [0.5, 0.6) is 11.5 Å². The van der Waals surface area contributed by atoms with Crippen LogP contribution >= 0.6 is 0 Å². The summed E-state index contributed by atoms with van der Waals surface area (Å²) >= 11 is 0. The summed E-state index contributed by atoms with van der Waals surface area (Å²) in [6, 6.07) is 17.0. The first-order valence-corrected chi connectivity index (χ1v) is 13.0. The zero-order valence-electron chi connectivity index (χ0n) is 21.6. The van der Waals surface area contributed by atoms with Crippen molar-refractivity contribution < 1.29 is 24.2 Å². The molecule has 2 aliphatic rings. The third-order valence-corrected chi connectivity index (χ3v) is 6.92. The van der Waals surface area contributed by atoms with Gasteiger partial charge in [0.15, 0.2) is 0 Å². The highest BCUT2D eigenvalue weighted by Gasteiger charge is 2.45. The summed E-state index contributed by atoms with van der Waals surface area (Å²) in [6.45, 7) is 7.16. The lowest BCUT2D eigenvalue weighted by Crippen LogP contribution is -2.55. The van der Waals surface area contributed by atoms with Crippen LogP contribution in [0, 0.1) is 0 Å². The van der Waals surface area contributed by atoms with Crippen molar-refractivity contribution in [2.75, 3.05) is 26.2 Å². The normalized spacial score (nSPS) is 18.9. The number of piperazine rings is 1. The molecule has 2 amide bonds. The van der Waals surface area contributed by atoms with Crippen LogP contribution < -0.4 is 4.74 Å². The summed E-state index contributed by atoms with van der Waals surface area (Å²) < 4.78 is 11.5. The van der Waals surface area contributed by atoms with Crippen molar-refractivity contribution in [3.8, 4) is 11.5 Å². The summed E-state index contributed by atoms with van der Waals surface area (Å²) in [5, 5.41) is 11.8. The van der Waals surface area contributed by atoms with Crippen molar-refractivity contribution in [3.05, 3.63) is 60.2 Å². The van der Waals surface area contributed by atoms with Gasteiger partial charge in [0, 0.05) is 26.2 Å². The molecule has 1 atom stereocenters. The van der Waals surface area contributed by atoms with Gasteiger partial charge in [-0.2, -0.15) is 0 Å². The van der Waals surface area contributed by atoms with Gasteiger partial charge in [0.05, 0.1) is 11.5 Å². The largest absolute Gasteiger partial charge is 0.457 e. The number of rotatable bonds is 5. The molecule has 1 unspecified atom stereocenters. The first-order chi connectivity index (χ1) is 17.1. The van der Waals surface area contributed by atoms with Crippen LogP contribution in [-0.2, 0) is 9.53 Å². The Labute approximate surface area is 214 Å². The SMILES string of the molecule is CC(C)(C)OC(=O)N1CCN(C(=O)C(c2cccc(Oc3ccccc3)c2)C2(O)CCCCC2)CC1. The van der Waals surface area contributed by atoms with Crippen molar-refractivity contribution >= 4 is 12.0 Å². The predicted molar refractivity (Wildman–Crippen MR) is 138 cm³/mol. The smallest absolute Gasteiger partial charge is 0.410 e. The fourth-order valence-corrected chi connectivity index (χ4v) is 5.14. The number of nitrogens with zero attached hydrogens (tertiary/aromatic N) is 2. The number of amides is 2. The van der Waals surface area contributed by atoms with E-state index in [4.69, 9.17) is 9.47 Å². The molecule has 1 heterocycles. The topological polar surface area (TPSA) is 79.3 Å². The Morgan fingerprint density at radius 3 is 2.11 bits per heavy atom. The number of ether oxygens (including phenoxy) is 2. The third-order valence-electron chi connectivity index (χ3n) is 6.92. The number of hydrogen-bond donors (Lipinski definition) is 1. The monoisotopic (exact) mass is 494 g/mol. The maximum atomic E-state index is 14.0. The molecule has 1 N–H and O–H groups in total. The number of hydrogen-bond acceptors (Lipinski definition) is 5. The zero-order valence-corrected chi connectivity index (χ0v) is 21.6. The van der Waals surface area contributed by atoms with Gasteiger partial charge in [0.1, 0.15) is 17.1 Å². The van der Waals surface area contributed by atoms with E-state index in [1.807, 2.05) is 75.4 Å². The lowest BCUT2D eigenvalue weighted by molar-refractivity contribution is -0.143. The Morgan fingerprint density at radius 2 is 1.47 bits per heavy atom. The number of aliphatic hydroxyl groups is 1. The van der Waals surface area contributed by atoms with E-state index >= 15 is 0 Å². The van der Waals surface area contributed by atoms with Crippen LogP contribution in [0.3, 0.4) is 0 Å². The molecule has 7 heteroatoms. The van der Waals surface area contributed by atoms with Crippen molar-refractivity contribution in [1.29, 1.82) is 0 Å². The number of para-hydroxylation sites is 1. The standard InChI is InChI=1S/C29H38N2O5/c1-28(2,3)36-27(33)31-19-17-30(18-20-31)26(32)25(29(34)15-8-5-9-16-29)22-11-10-14-24(21-22)35-23-12-6-4-7-13-23/h4,6-7,10-14,21,25,34H,5,8-9,15-20H2,1-3H3. The molecule has 36 heavy (non-hydrogen) atoms. The molecule has 2 aromatic carbocycles. The molecule has 4 rings (SSSR count). The maximum Gasteiger partial charge on any atom is 0.410 e. The van der Waals surface area contributed by atoms with Crippen LogP contribution in [-0.4, -0.2) is 64.3 Å². The molecule has 0 bridgehead atoms. The first-order valence-electron chi connectivity index (χ1n) is 13.0. The van der Waals surface area contributed by atoms with Crippen molar-refractivity contribution in [1.82, 2.24) is 9.80 Å². The van der Waals surface area contributed by atoms with E-state index in [1.165, 1.54) is 0 Å². The van der Waals surface area contributed by atoms with Gasteiger partial charge in [-0.25, -0.2) is 4.79 Å². The molecule has 1 aliphatic heterocycles. The number of benzene rings is 2. The number of carbonyl (C=O) groups excluding carboxylic acids is 2. The van der Waals surface area contributed by atoms with Gasteiger partial charge < -0.3 is 24.4 Å². The minimum Gasteiger partial charge on any atom is -0.457 e. The van der Waals surface area contributed by atoms with Gasteiger partial charge in [-0.1, -0.05) is 49.6 Å². The molecule has 1 saturated heterocycles. The van der Waals surface area contributed by atoms with Gasteiger partial charge in [-0.3, -0.25) is 4.79 Å². The quantitative estimate of drug-likeness (QED) is 0.607. The lowest BCUT2D eigenvalue weighted by atomic mass is 9.72. The highest BCUT2D eigenvalue weighted by atomic mass is 16.6. The van der Waals surface area contributed by atoms with Crippen LogP contribution in [0.4, 0.5) is 4.79 Å². The van der Waals surface area contributed by atoms with Gasteiger partial charge in [-0.05, 0) is 63.4 Å². The zero-order chi connectivity index (χ0) is 25.8. The van der Waals surface area contributed by atoms with Crippen LogP contribution in [0.15, 0.2) is 54.6 Å². The Kier molecular flexibility index (Phi) is 7.88. The summed E-state index contributed by atoms with van der Waals surface area (Å²) in [7, 11) is 0. The Morgan fingerprint density at radius 1 is 0.861 bits per heavy atom. The van der Waals surface area contributed by atoms with E-state index in [9.17, 15) is 14.7 Å². The fraction of sp³-hybridized carbons (Fsp3) is 0.517. The number of carbonyl (C=O) groups is 2. The van der Waals surface area contributed by atoms with Gasteiger partial charge in [0.2, 0.25) is 5.91 Å². The average molecular weight is 495 g/mol. The second-order valence-corrected chi connectivity index (χ2v) is 10.9. The molecule has 0 spiro atoms. The summed E-state index contributed by atoms with van der Waals surface area (Å²) in [5.74, 6) is 0.558. The molecule has 0 radical (unpaired) electrons. The summed E-state index contributed by atoms with van der Waals surface area (Å²) in [5.41, 5.74) is -0.915. The molecular weight excluding hydrogens is 456 g/mol. The summed E-state index contributed by atoms with van der Waals surface area (Å²) in [6.07, 6.45) is 3.67. The van der Waals surface area contributed by atoms with Crippen LogP contribution in [0.25, 0.3) is 0 Å². The Balaban J connectivity index is 1.54.